The first-order valence-electron chi connectivity index (χ1n) is 6.72. The molecule has 2 aromatic rings. The lowest BCUT2D eigenvalue weighted by molar-refractivity contribution is -0.139. The largest absolute Gasteiger partial charge is 0.481 e. The summed E-state index contributed by atoms with van der Waals surface area (Å²) in [5.74, 6) is -1.16. The molecule has 6 heteroatoms. The maximum Gasteiger partial charge on any atom is 0.312 e. The highest BCUT2D eigenvalue weighted by Gasteiger charge is 2.29. The maximum absolute atomic E-state index is 11.2. The smallest absolute Gasteiger partial charge is 0.312 e. The van der Waals surface area contributed by atoms with Gasteiger partial charge in [-0.3, -0.25) is 4.79 Å². The van der Waals surface area contributed by atoms with Gasteiger partial charge in [0.05, 0.1) is 5.69 Å². The van der Waals surface area contributed by atoms with Crippen LogP contribution in [0.25, 0.3) is 0 Å². The fourth-order valence-corrected chi connectivity index (χ4v) is 4.28. The van der Waals surface area contributed by atoms with Gasteiger partial charge in [0.2, 0.25) is 0 Å². The maximum atomic E-state index is 11.2. The molecule has 1 aliphatic carbocycles. The first kappa shape index (κ1) is 13.6. The summed E-state index contributed by atoms with van der Waals surface area (Å²) in [5.41, 5.74) is 0.785. The Morgan fingerprint density at radius 1 is 1.55 bits per heavy atom. The quantitative estimate of drug-likeness (QED) is 0.889. The Morgan fingerprint density at radius 2 is 2.45 bits per heavy atom. The number of carboxylic acid groups (broad SMARTS) is 1. The van der Waals surface area contributed by atoms with E-state index < -0.39 is 11.9 Å². The number of rotatable bonds is 5. The second-order valence-corrected chi connectivity index (χ2v) is 6.98. The number of aromatic nitrogens is 1. The minimum absolute atomic E-state index is 0.414. The van der Waals surface area contributed by atoms with Crippen molar-refractivity contribution < 1.29 is 9.90 Å². The molecule has 2 aromatic heterocycles. The number of hydrogen-bond donors (Lipinski definition) is 2. The number of thiophene rings is 1. The van der Waals surface area contributed by atoms with Crippen LogP contribution in [-0.4, -0.2) is 22.6 Å². The number of carboxylic acids is 1. The zero-order valence-corrected chi connectivity index (χ0v) is 12.6. The molecule has 0 amide bonds. The number of aryl methyl sites for hydroxylation is 1. The van der Waals surface area contributed by atoms with Crippen LogP contribution in [0.5, 0.6) is 0 Å². The van der Waals surface area contributed by atoms with Gasteiger partial charge < -0.3 is 10.4 Å². The number of hydrogen-bond acceptors (Lipinski definition) is 5. The number of thiazole rings is 1. The van der Waals surface area contributed by atoms with Crippen molar-refractivity contribution in [1.82, 2.24) is 4.98 Å². The summed E-state index contributed by atoms with van der Waals surface area (Å²) >= 11 is 3.37. The Labute approximate surface area is 125 Å². The fraction of sp³-hybridized carbons (Fsp3) is 0.429. The van der Waals surface area contributed by atoms with Crippen molar-refractivity contribution in [3.8, 4) is 0 Å². The van der Waals surface area contributed by atoms with E-state index in [0.717, 1.165) is 41.5 Å². The number of anilines is 1. The van der Waals surface area contributed by atoms with Crippen LogP contribution in [0.4, 0.5) is 5.13 Å². The molecule has 106 valence electrons. The second kappa shape index (κ2) is 5.93. The van der Waals surface area contributed by atoms with Crippen molar-refractivity contribution in [3.63, 3.8) is 0 Å². The Hall–Kier alpha value is -1.40. The SMILES string of the molecule is O=C(O)C1CCCc2sc(NCCc3cccs3)nc21. The molecular weight excluding hydrogens is 292 g/mol. The first-order valence-corrected chi connectivity index (χ1v) is 8.42. The van der Waals surface area contributed by atoms with E-state index in [1.54, 1.807) is 22.7 Å². The van der Waals surface area contributed by atoms with Gasteiger partial charge in [0, 0.05) is 16.3 Å². The van der Waals surface area contributed by atoms with Crippen LogP contribution in [0.15, 0.2) is 17.5 Å². The third-order valence-electron chi connectivity index (χ3n) is 3.48. The lowest BCUT2D eigenvalue weighted by atomic mass is 9.91. The molecule has 0 spiro atoms. The van der Waals surface area contributed by atoms with E-state index in [1.807, 2.05) is 0 Å². The molecule has 0 aliphatic heterocycles. The van der Waals surface area contributed by atoms with Gasteiger partial charge in [0.1, 0.15) is 5.92 Å². The lowest BCUT2D eigenvalue weighted by Crippen LogP contribution is -2.17. The van der Waals surface area contributed by atoms with E-state index in [2.05, 4.69) is 27.8 Å². The minimum atomic E-state index is -0.749. The monoisotopic (exact) mass is 308 g/mol. The van der Waals surface area contributed by atoms with Gasteiger partial charge in [0.15, 0.2) is 5.13 Å². The van der Waals surface area contributed by atoms with Crippen molar-refractivity contribution in [2.24, 2.45) is 0 Å². The van der Waals surface area contributed by atoms with Gasteiger partial charge in [-0.15, -0.1) is 22.7 Å². The van der Waals surface area contributed by atoms with Gasteiger partial charge in [-0.25, -0.2) is 4.98 Å². The number of carbonyl (C=O) groups is 1. The fourth-order valence-electron chi connectivity index (χ4n) is 2.48. The molecule has 0 bridgehead atoms. The van der Waals surface area contributed by atoms with Crippen molar-refractivity contribution in [2.75, 3.05) is 11.9 Å². The van der Waals surface area contributed by atoms with E-state index >= 15 is 0 Å². The minimum Gasteiger partial charge on any atom is -0.481 e. The summed E-state index contributed by atoms with van der Waals surface area (Å²) in [6.07, 6.45) is 3.59. The van der Waals surface area contributed by atoms with E-state index in [9.17, 15) is 9.90 Å². The summed E-state index contributed by atoms with van der Waals surface area (Å²) < 4.78 is 0. The number of nitrogens with zero attached hydrogens (tertiary/aromatic N) is 1. The standard InChI is InChI=1S/C14H16N2O2S2/c17-13(18)10-4-1-5-11-12(10)16-14(20-11)15-7-6-9-3-2-8-19-9/h2-3,8,10H,1,4-7H2,(H,15,16)(H,17,18). The van der Waals surface area contributed by atoms with Crippen LogP contribution >= 0.6 is 22.7 Å². The third kappa shape index (κ3) is 2.86. The van der Waals surface area contributed by atoms with Crippen molar-refractivity contribution in [1.29, 1.82) is 0 Å². The normalized spacial score (nSPS) is 17.7. The average molecular weight is 308 g/mol. The molecule has 0 saturated carbocycles. The zero-order valence-electron chi connectivity index (χ0n) is 11.0. The molecule has 1 atom stereocenters. The first-order chi connectivity index (χ1) is 9.74. The van der Waals surface area contributed by atoms with Gasteiger partial charge in [-0.1, -0.05) is 6.07 Å². The Kier molecular flexibility index (Phi) is 4.03. The van der Waals surface area contributed by atoms with Crippen molar-refractivity contribution in [2.45, 2.75) is 31.6 Å². The topological polar surface area (TPSA) is 62.2 Å². The van der Waals surface area contributed by atoms with E-state index in [1.165, 1.54) is 4.88 Å². The number of nitrogens with one attached hydrogen (secondary N) is 1. The van der Waals surface area contributed by atoms with Crippen LogP contribution in [0.2, 0.25) is 0 Å². The third-order valence-corrected chi connectivity index (χ3v) is 5.50. The highest BCUT2D eigenvalue weighted by Crippen LogP contribution is 2.36. The number of aliphatic carboxylic acids is 1. The van der Waals surface area contributed by atoms with E-state index in [-0.39, 0.29) is 0 Å². The highest BCUT2D eigenvalue weighted by molar-refractivity contribution is 7.15. The Balaban J connectivity index is 1.65. The van der Waals surface area contributed by atoms with Crippen molar-refractivity contribution >= 4 is 33.8 Å². The summed E-state index contributed by atoms with van der Waals surface area (Å²) in [4.78, 5) is 18.2. The molecule has 0 fully saturated rings. The summed E-state index contributed by atoms with van der Waals surface area (Å²) in [7, 11) is 0. The molecule has 1 unspecified atom stereocenters. The summed E-state index contributed by atoms with van der Waals surface area (Å²) in [5, 5.41) is 15.5. The van der Waals surface area contributed by atoms with Crippen LogP contribution in [0.1, 0.15) is 34.2 Å². The van der Waals surface area contributed by atoms with Crippen LogP contribution < -0.4 is 5.32 Å². The van der Waals surface area contributed by atoms with Crippen LogP contribution in [0, 0.1) is 0 Å². The second-order valence-electron chi connectivity index (χ2n) is 4.87. The predicted molar refractivity (Wildman–Crippen MR) is 81.9 cm³/mol. The number of fused-ring (bicyclic) bond motifs is 1. The molecule has 3 rings (SSSR count). The Morgan fingerprint density at radius 3 is 3.20 bits per heavy atom. The van der Waals surface area contributed by atoms with Gasteiger partial charge >= 0.3 is 5.97 Å². The molecular formula is C14H16N2O2S2. The summed E-state index contributed by atoms with van der Waals surface area (Å²) in [6.45, 7) is 0.838. The Bertz CT molecular complexity index is 592. The molecule has 2 N–H and O–H groups in total. The van der Waals surface area contributed by atoms with E-state index in [0.29, 0.717) is 6.42 Å². The summed E-state index contributed by atoms with van der Waals surface area (Å²) in [6, 6.07) is 4.18. The molecule has 1 aliphatic rings. The predicted octanol–water partition coefficient (Wildman–Crippen LogP) is 3.36. The molecule has 20 heavy (non-hydrogen) atoms. The average Bonchev–Trinajstić information content (AvgIpc) is 3.06. The molecule has 0 aromatic carbocycles. The lowest BCUT2D eigenvalue weighted by Gasteiger charge is -2.16. The molecule has 4 nitrogen and oxygen atoms in total. The van der Waals surface area contributed by atoms with Crippen LogP contribution in [-0.2, 0) is 17.6 Å². The van der Waals surface area contributed by atoms with Gasteiger partial charge in [-0.2, -0.15) is 0 Å². The zero-order chi connectivity index (χ0) is 13.9. The van der Waals surface area contributed by atoms with E-state index in [4.69, 9.17) is 0 Å². The molecule has 0 radical (unpaired) electrons. The molecule has 2 heterocycles. The van der Waals surface area contributed by atoms with Gasteiger partial charge in [0.25, 0.3) is 0 Å². The molecule has 0 saturated heterocycles. The highest BCUT2D eigenvalue weighted by atomic mass is 32.1. The van der Waals surface area contributed by atoms with Crippen LogP contribution in [0.3, 0.4) is 0 Å². The van der Waals surface area contributed by atoms with Gasteiger partial charge in [-0.05, 0) is 37.1 Å². The van der Waals surface area contributed by atoms with Crippen molar-refractivity contribution in [3.05, 3.63) is 33.0 Å².